The van der Waals surface area contributed by atoms with Crippen LogP contribution in [0.5, 0.6) is 0 Å². The highest BCUT2D eigenvalue weighted by molar-refractivity contribution is 6.67. The SMILES string of the molecule is O=C(NN1C(=O)/C(=C/c2ccccn2)N=C1c1ccccc1)C(Cl)CC(Cl)(Cl)Cl. The van der Waals surface area contributed by atoms with Crippen LogP contribution in [0.25, 0.3) is 6.08 Å². The summed E-state index contributed by atoms with van der Waals surface area (Å²) in [6, 6.07) is 14.2. The summed E-state index contributed by atoms with van der Waals surface area (Å²) in [6.07, 6.45) is 2.89. The summed E-state index contributed by atoms with van der Waals surface area (Å²) in [7, 11) is 0. The number of hydrogen-bond donors (Lipinski definition) is 1. The van der Waals surface area contributed by atoms with Gasteiger partial charge in [-0.3, -0.25) is 20.0 Å². The Kier molecular flexibility index (Phi) is 6.80. The fourth-order valence-corrected chi connectivity index (χ4v) is 3.46. The Morgan fingerprint density at radius 2 is 1.83 bits per heavy atom. The Morgan fingerprint density at radius 3 is 2.45 bits per heavy atom. The standard InChI is InChI=1S/C19H14Cl4N4O2/c20-14(11-19(21,22)23)17(28)26-27-16(12-6-2-1-3-7-12)25-15(18(27)29)10-13-8-4-5-9-24-13/h1-10,14H,11H2,(H,26,28)/b15-10-. The number of nitrogens with zero attached hydrogens (tertiary/aromatic N) is 3. The molecule has 0 saturated heterocycles. The van der Waals surface area contributed by atoms with Gasteiger partial charge in [-0.2, -0.15) is 5.01 Å². The smallest absolute Gasteiger partial charge is 0.272 e. The molecule has 1 atom stereocenters. The van der Waals surface area contributed by atoms with Crippen LogP contribution in [0.4, 0.5) is 0 Å². The molecule has 1 aromatic heterocycles. The first-order chi connectivity index (χ1) is 13.7. The third kappa shape index (κ3) is 5.70. The molecule has 150 valence electrons. The van der Waals surface area contributed by atoms with E-state index < -0.39 is 21.0 Å². The Labute approximate surface area is 187 Å². The number of nitrogens with one attached hydrogen (secondary N) is 1. The molecular formula is C19H14Cl4N4O2. The number of amidine groups is 1. The lowest BCUT2D eigenvalue weighted by molar-refractivity contribution is -0.133. The van der Waals surface area contributed by atoms with Gasteiger partial charge in [0.25, 0.3) is 11.8 Å². The molecular weight excluding hydrogens is 458 g/mol. The summed E-state index contributed by atoms with van der Waals surface area (Å²) in [6.45, 7) is 0. The van der Waals surface area contributed by atoms with Crippen LogP contribution < -0.4 is 5.43 Å². The number of carbonyl (C=O) groups excluding carboxylic acids is 2. The first kappa shape index (κ1) is 21.6. The second-order valence-corrected chi connectivity index (χ2v) is 9.03. The zero-order valence-corrected chi connectivity index (χ0v) is 17.8. The lowest BCUT2D eigenvalue weighted by Crippen LogP contribution is -2.50. The van der Waals surface area contributed by atoms with Gasteiger partial charge in [0.05, 0.1) is 5.69 Å². The maximum atomic E-state index is 12.9. The van der Waals surface area contributed by atoms with E-state index in [1.54, 1.807) is 48.7 Å². The zero-order chi connectivity index (χ0) is 21.0. The molecule has 1 unspecified atom stereocenters. The fraction of sp³-hybridized carbons (Fsp3) is 0.158. The largest absolute Gasteiger partial charge is 0.297 e. The number of halogens is 4. The van der Waals surface area contributed by atoms with Crippen molar-refractivity contribution in [2.45, 2.75) is 15.6 Å². The number of amides is 2. The van der Waals surface area contributed by atoms with Crippen LogP contribution in [0.1, 0.15) is 17.7 Å². The van der Waals surface area contributed by atoms with Gasteiger partial charge in [-0.05, 0) is 18.2 Å². The molecule has 6 nitrogen and oxygen atoms in total. The highest BCUT2D eigenvalue weighted by Crippen LogP contribution is 2.33. The molecule has 2 heterocycles. The summed E-state index contributed by atoms with van der Waals surface area (Å²) in [5.74, 6) is -1.00. The van der Waals surface area contributed by atoms with E-state index in [0.29, 0.717) is 11.3 Å². The summed E-state index contributed by atoms with van der Waals surface area (Å²) in [5.41, 5.74) is 3.74. The number of hydrogen-bond acceptors (Lipinski definition) is 4. The minimum Gasteiger partial charge on any atom is -0.272 e. The van der Waals surface area contributed by atoms with Gasteiger partial charge in [-0.15, -0.1) is 11.6 Å². The quantitative estimate of drug-likeness (QED) is 0.526. The van der Waals surface area contributed by atoms with Crippen molar-refractivity contribution in [3.8, 4) is 0 Å². The third-order valence-corrected chi connectivity index (χ3v) is 4.60. The van der Waals surface area contributed by atoms with Crippen LogP contribution in [0.2, 0.25) is 0 Å². The predicted octanol–water partition coefficient (Wildman–Crippen LogP) is 4.11. The van der Waals surface area contributed by atoms with Crippen molar-refractivity contribution in [3.63, 3.8) is 0 Å². The topological polar surface area (TPSA) is 74.7 Å². The van der Waals surface area contributed by atoms with Gasteiger partial charge in [0.1, 0.15) is 11.1 Å². The van der Waals surface area contributed by atoms with Crippen LogP contribution in [0.3, 0.4) is 0 Å². The highest BCUT2D eigenvalue weighted by atomic mass is 35.6. The monoisotopic (exact) mass is 470 g/mol. The number of carbonyl (C=O) groups is 2. The van der Waals surface area contributed by atoms with E-state index in [0.717, 1.165) is 5.01 Å². The molecule has 2 aromatic rings. The zero-order valence-electron chi connectivity index (χ0n) is 14.7. The Morgan fingerprint density at radius 1 is 1.14 bits per heavy atom. The van der Waals surface area contributed by atoms with Crippen molar-refractivity contribution in [2.75, 3.05) is 0 Å². The van der Waals surface area contributed by atoms with Crippen molar-refractivity contribution < 1.29 is 9.59 Å². The minimum atomic E-state index is -1.71. The van der Waals surface area contributed by atoms with Gasteiger partial charge >= 0.3 is 0 Å². The van der Waals surface area contributed by atoms with Crippen LogP contribution in [-0.4, -0.2) is 36.8 Å². The van der Waals surface area contributed by atoms with Crippen LogP contribution in [0, 0.1) is 0 Å². The highest BCUT2D eigenvalue weighted by Gasteiger charge is 2.35. The summed E-state index contributed by atoms with van der Waals surface area (Å²) < 4.78 is -1.71. The Hall–Kier alpha value is -2.12. The number of hydrazine groups is 1. The van der Waals surface area contributed by atoms with Crippen molar-refractivity contribution in [3.05, 3.63) is 71.7 Å². The van der Waals surface area contributed by atoms with Crippen LogP contribution in [-0.2, 0) is 9.59 Å². The van der Waals surface area contributed by atoms with Gasteiger partial charge in [-0.25, -0.2) is 4.99 Å². The molecule has 1 aliphatic rings. The summed E-state index contributed by atoms with van der Waals surface area (Å²) in [4.78, 5) is 33.9. The molecule has 2 amide bonds. The van der Waals surface area contributed by atoms with E-state index in [1.165, 1.54) is 6.08 Å². The lowest BCUT2D eigenvalue weighted by Gasteiger charge is -2.22. The van der Waals surface area contributed by atoms with Gasteiger partial charge in [0, 0.05) is 18.2 Å². The summed E-state index contributed by atoms with van der Waals surface area (Å²) in [5, 5.41) is -0.142. The van der Waals surface area contributed by atoms with E-state index in [-0.39, 0.29) is 18.0 Å². The molecule has 1 N–H and O–H groups in total. The molecule has 29 heavy (non-hydrogen) atoms. The normalized spacial score (nSPS) is 16.7. The Bertz CT molecular complexity index is 959. The molecule has 0 saturated carbocycles. The number of aromatic nitrogens is 1. The van der Waals surface area contributed by atoms with Crippen molar-refractivity contribution in [1.82, 2.24) is 15.4 Å². The molecule has 0 aliphatic carbocycles. The lowest BCUT2D eigenvalue weighted by atomic mass is 10.2. The molecule has 10 heteroatoms. The molecule has 0 fully saturated rings. The predicted molar refractivity (Wildman–Crippen MR) is 115 cm³/mol. The second-order valence-electron chi connectivity index (χ2n) is 5.99. The number of alkyl halides is 4. The molecule has 1 aliphatic heterocycles. The van der Waals surface area contributed by atoms with Crippen LogP contribution in [0.15, 0.2) is 65.4 Å². The fourth-order valence-electron chi connectivity index (χ4n) is 2.48. The van der Waals surface area contributed by atoms with E-state index in [1.807, 2.05) is 6.07 Å². The van der Waals surface area contributed by atoms with E-state index in [9.17, 15) is 9.59 Å². The van der Waals surface area contributed by atoms with Gasteiger partial charge in [0.15, 0.2) is 9.63 Å². The molecule has 1 aromatic carbocycles. The van der Waals surface area contributed by atoms with Crippen molar-refractivity contribution in [2.24, 2.45) is 4.99 Å². The van der Waals surface area contributed by atoms with E-state index >= 15 is 0 Å². The average Bonchev–Trinajstić information content (AvgIpc) is 2.98. The number of benzene rings is 1. The van der Waals surface area contributed by atoms with Crippen molar-refractivity contribution in [1.29, 1.82) is 0 Å². The second kappa shape index (κ2) is 9.13. The van der Waals surface area contributed by atoms with Gasteiger partial charge < -0.3 is 0 Å². The maximum Gasteiger partial charge on any atom is 0.297 e. The maximum absolute atomic E-state index is 12.9. The van der Waals surface area contributed by atoms with E-state index in [4.69, 9.17) is 46.4 Å². The first-order valence-corrected chi connectivity index (χ1v) is 9.94. The average molecular weight is 472 g/mol. The molecule has 0 radical (unpaired) electrons. The Balaban J connectivity index is 1.90. The molecule has 0 spiro atoms. The van der Waals surface area contributed by atoms with Crippen LogP contribution >= 0.6 is 46.4 Å². The van der Waals surface area contributed by atoms with E-state index in [2.05, 4.69) is 15.4 Å². The third-order valence-electron chi connectivity index (χ3n) is 3.78. The molecule has 3 rings (SSSR count). The number of pyridine rings is 1. The van der Waals surface area contributed by atoms with Crippen molar-refractivity contribution >= 4 is 70.1 Å². The number of aliphatic imine (C=N–C) groups is 1. The number of rotatable bonds is 5. The minimum absolute atomic E-state index is 0.107. The summed E-state index contributed by atoms with van der Waals surface area (Å²) >= 11 is 23.1. The van der Waals surface area contributed by atoms with Gasteiger partial charge in [-0.1, -0.05) is 71.2 Å². The van der Waals surface area contributed by atoms with Gasteiger partial charge in [0.2, 0.25) is 0 Å². The first-order valence-electron chi connectivity index (χ1n) is 8.37. The molecule has 0 bridgehead atoms.